The molecule has 18 heavy (non-hydrogen) atoms. The van der Waals surface area contributed by atoms with Gasteiger partial charge in [-0.05, 0) is 6.42 Å². The fraction of sp³-hybridized carbons (Fsp3) is 1.00. The average molecular weight is 277 g/mol. The zero-order chi connectivity index (χ0) is 13.7. The van der Waals surface area contributed by atoms with Crippen molar-refractivity contribution in [3.8, 4) is 0 Å². The SMILES string of the molecule is CCCCCCCCCCCCCNP(N)(N)=O. The molecule has 0 heterocycles. The summed E-state index contributed by atoms with van der Waals surface area (Å²) in [6.07, 6.45) is 14.4. The Morgan fingerprint density at radius 1 is 0.778 bits per heavy atom. The average Bonchev–Trinajstić information content (AvgIpc) is 2.29. The molecule has 0 bridgehead atoms. The van der Waals surface area contributed by atoms with Gasteiger partial charge in [-0.15, -0.1) is 0 Å². The molecule has 5 N–H and O–H groups in total. The largest absolute Gasteiger partial charge is 0.273 e. The maximum atomic E-state index is 10.9. The van der Waals surface area contributed by atoms with Gasteiger partial charge in [-0.2, -0.15) is 0 Å². The smallest absolute Gasteiger partial charge is 0.271 e. The molecular weight excluding hydrogens is 245 g/mol. The van der Waals surface area contributed by atoms with Gasteiger partial charge in [0.05, 0.1) is 0 Å². The van der Waals surface area contributed by atoms with E-state index in [1.165, 1.54) is 64.2 Å². The number of hydrogen-bond donors (Lipinski definition) is 3. The lowest BCUT2D eigenvalue weighted by atomic mass is 10.1. The van der Waals surface area contributed by atoms with Crippen molar-refractivity contribution in [2.75, 3.05) is 6.54 Å². The number of rotatable bonds is 13. The minimum absolute atomic E-state index is 0.668. The van der Waals surface area contributed by atoms with Crippen molar-refractivity contribution < 1.29 is 4.57 Å². The monoisotopic (exact) mass is 277 g/mol. The molecule has 0 atom stereocenters. The summed E-state index contributed by atoms with van der Waals surface area (Å²) in [7, 11) is -3.00. The van der Waals surface area contributed by atoms with E-state index in [9.17, 15) is 4.57 Å². The highest BCUT2D eigenvalue weighted by molar-refractivity contribution is 7.56. The Labute approximate surface area is 113 Å². The number of nitrogens with one attached hydrogen (secondary N) is 1. The van der Waals surface area contributed by atoms with Crippen molar-refractivity contribution >= 4 is 7.59 Å². The highest BCUT2D eigenvalue weighted by atomic mass is 31.2. The third-order valence-electron chi connectivity index (χ3n) is 3.14. The summed E-state index contributed by atoms with van der Waals surface area (Å²) in [5, 5.41) is 2.66. The molecule has 5 heteroatoms. The summed E-state index contributed by atoms with van der Waals surface area (Å²) < 4.78 is 10.9. The molecule has 0 aromatic rings. The van der Waals surface area contributed by atoms with Crippen LogP contribution in [0.1, 0.15) is 77.6 Å². The maximum absolute atomic E-state index is 10.9. The van der Waals surface area contributed by atoms with Gasteiger partial charge in [-0.1, -0.05) is 71.1 Å². The molecule has 0 radical (unpaired) electrons. The van der Waals surface area contributed by atoms with Crippen LogP contribution in [0.2, 0.25) is 0 Å². The topological polar surface area (TPSA) is 81.1 Å². The molecule has 0 unspecified atom stereocenters. The highest BCUT2D eigenvalue weighted by Gasteiger charge is 2.04. The fourth-order valence-electron chi connectivity index (χ4n) is 2.04. The molecule has 110 valence electrons. The molecule has 0 fully saturated rings. The quantitative estimate of drug-likeness (QED) is 0.352. The van der Waals surface area contributed by atoms with Gasteiger partial charge in [0.15, 0.2) is 0 Å². The second-order valence-corrected chi connectivity index (χ2v) is 6.89. The summed E-state index contributed by atoms with van der Waals surface area (Å²) in [6, 6.07) is 0. The zero-order valence-corrected chi connectivity index (χ0v) is 12.9. The van der Waals surface area contributed by atoms with Gasteiger partial charge >= 0.3 is 0 Å². The lowest BCUT2D eigenvalue weighted by Crippen LogP contribution is -2.22. The van der Waals surface area contributed by atoms with Crippen molar-refractivity contribution in [3.63, 3.8) is 0 Å². The van der Waals surface area contributed by atoms with Gasteiger partial charge in [0, 0.05) is 6.54 Å². The van der Waals surface area contributed by atoms with Crippen LogP contribution in [0.3, 0.4) is 0 Å². The van der Waals surface area contributed by atoms with Gasteiger partial charge in [-0.3, -0.25) is 15.6 Å². The van der Waals surface area contributed by atoms with Crippen LogP contribution in [0.15, 0.2) is 0 Å². The molecule has 0 saturated heterocycles. The molecule has 0 aliphatic rings. The van der Waals surface area contributed by atoms with Crippen molar-refractivity contribution in [2.24, 2.45) is 11.0 Å². The molecular formula is C13H32N3OP. The van der Waals surface area contributed by atoms with E-state index in [0.717, 1.165) is 6.42 Å². The first-order valence-electron chi connectivity index (χ1n) is 7.48. The van der Waals surface area contributed by atoms with Crippen molar-refractivity contribution in [3.05, 3.63) is 0 Å². The number of hydrogen-bond acceptors (Lipinski definition) is 1. The number of unbranched alkanes of at least 4 members (excludes halogenated alkanes) is 10. The van der Waals surface area contributed by atoms with E-state index < -0.39 is 7.59 Å². The van der Waals surface area contributed by atoms with Crippen LogP contribution in [0.5, 0.6) is 0 Å². The Hall–Kier alpha value is 0.110. The normalized spacial score (nSPS) is 11.9. The van der Waals surface area contributed by atoms with Crippen molar-refractivity contribution in [2.45, 2.75) is 77.6 Å². The lowest BCUT2D eigenvalue weighted by molar-refractivity contribution is 0.542. The van der Waals surface area contributed by atoms with Crippen LogP contribution < -0.4 is 16.1 Å². The van der Waals surface area contributed by atoms with Gasteiger partial charge in [0.2, 0.25) is 0 Å². The van der Waals surface area contributed by atoms with Crippen molar-refractivity contribution in [1.29, 1.82) is 0 Å². The molecule has 4 nitrogen and oxygen atoms in total. The molecule has 0 amide bonds. The Balaban J connectivity index is 3.01. The van der Waals surface area contributed by atoms with Gasteiger partial charge in [-0.25, -0.2) is 5.09 Å². The van der Waals surface area contributed by atoms with E-state index in [-0.39, 0.29) is 0 Å². The van der Waals surface area contributed by atoms with E-state index in [4.69, 9.17) is 11.0 Å². The first-order valence-corrected chi connectivity index (χ1v) is 9.33. The molecule has 0 aromatic carbocycles. The molecule has 0 aliphatic carbocycles. The Morgan fingerprint density at radius 3 is 1.56 bits per heavy atom. The summed E-state index contributed by atoms with van der Waals surface area (Å²) in [5.41, 5.74) is 10.4. The minimum Gasteiger partial charge on any atom is -0.271 e. The first-order chi connectivity index (χ1) is 8.56. The molecule has 0 spiro atoms. The molecule has 0 aliphatic heterocycles. The molecule has 0 rings (SSSR count). The Morgan fingerprint density at radius 2 is 1.17 bits per heavy atom. The predicted molar refractivity (Wildman–Crippen MR) is 80.4 cm³/mol. The van der Waals surface area contributed by atoms with Gasteiger partial charge in [0.1, 0.15) is 0 Å². The minimum atomic E-state index is -3.00. The van der Waals surface area contributed by atoms with Crippen molar-refractivity contribution in [1.82, 2.24) is 5.09 Å². The van der Waals surface area contributed by atoms with Crippen LogP contribution in [-0.2, 0) is 4.57 Å². The summed E-state index contributed by atoms with van der Waals surface area (Å²) >= 11 is 0. The number of nitrogens with two attached hydrogens (primary N) is 2. The van der Waals surface area contributed by atoms with Gasteiger partial charge < -0.3 is 0 Å². The second-order valence-electron chi connectivity index (χ2n) is 5.15. The summed E-state index contributed by atoms with van der Waals surface area (Å²) in [6.45, 7) is 2.92. The van der Waals surface area contributed by atoms with Crippen LogP contribution in [0.4, 0.5) is 0 Å². The third-order valence-corrected chi connectivity index (χ3v) is 3.86. The van der Waals surface area contributed by atoms with E-state index in [0.29, 0.717) is 6.54 Å². The fourth-order valence-corrected chi connectivity index (χ4v) is 2.55. The van der Waals surface area contributed by atoms with E-state index in [1.54, 1.807) is 0 Å². The van der Waals surface area contributed by atoms with E-state index >= 15 is 0 Å². The standard InChI is InChI=1S/C13H32N3OP/c1-2-3-4-5-6-7-8-9-10-11-12-13-16-18(14,15)17/h2-13H2,1H3,(H5,14,15,16,17). The van der Waals surface area contributed by atoms with Gasteiger partial charge in [0.25, 0.3) is 7.59 Å². The first kappa shape index (κ1) is 18.1. The predicted octanol–water partition coefficient (Wildman–Crippen LogP) is 3.91. The van der Waals surface area contributed by atoms with Crippen LogP contribution in [0.25, 0.3) is 0 Å². The van der Waals surface area contributed by atoms with Crippen LogP contribution in [0, 0.1) is 0 Å². The Bertz CT molecular complexity index is 218. The highest BCUT2D eigenvalue weighted by Crippen LogP contribution is 2.17. The molecule has 0 saturated carbocycles. The van der Waals surface area contributed by atoms with Crippen LogP contribution >= 0.6 is 7.59 Å². The zero-order valence-electron chi connectivity index (χ0n) is 12.0. The summed E-state index contributed by atoms with van der Waals surface area (Å²) in [4.78, 5) is 0. The second kappa shape index (κ2) is 12.2. The molecule has 0 aromatic heterocycles. The van der Waals surface area contributed by atoms with E-state index in [2.05, 4.69) is 12.0 Å². The van der Waals surface area contributed by atoms with E-state index in [1.807, 2.05) is 0 Å². The Kier molecular flexibility index (Phi) is 12.2. The third kappa shape index (κ3) is 16.1. The maximum Gasteiger partial charge on any atom is 0.273 e. The lowest BCUT2D eigenvalue weighted by Gasteiger charge is -2.08. The van der Waals surface area contributed by atoms with Crippen LogP contribution in [-0.4, -0.2) is 6.54 Å². The summed E-state index contributed by atoms with van der Waals surface area (Å²) in [5.74, 6) is 0.